The molecule has 0 saturated heterocycles. The van der Waals surface area contributed by atoms with E-state index in [-0.39, 0.29) is 12.1 Å². The predicted octanol–water partition coefficient (Wildman–Crippen LogP) is 1.90. The lowest BCUT2D eigenvalue weighted by molar-refractivity contribution is 0.158. The molecule has 0 heterocycles. The second kappa shape index (κ2) is 6.02. The Bertz CT molecular complexity index is 425. The molecule has 0 spiro atoms. The zero-order chi connectivity index (χ0) is 13.0. The van der Waals surface area contributed by atoms with Gasteiger partial charge in [-0.15, -0.1) is 0 Å². The van der Waals surface area contributed by atoms with Gasteiger partial charge in [0, 0.05) is 0 Å². The maximum Gasteiger partial charge on any atom is 0.171 e. The van der Waals surface area contributed by atoms with Crippen LogP contribution >= 0.6 is 12.2 Å². The topological polar surface area (TPSA) is 53.5 Å². The molecule has 2 rings (SSSR count). The van der Waals surface area contributed by atoms with E-state index >= 15 is 0 Å². The number of rotatable bonds is 3. The van der Waals surface area contributed by atoms with Crippen molar-refractivity contribution in [3.8, 4) is 5.75 Å². The van der Waals surface area contributed by atoms with Gasteiger partial charge < -0.3 is 20.5 Å². The van der Waals surface area contributed by atoms with E-state index in [1.807, 2.05) is 24.3 Å². The molecule has 0 amide bonds. The Morgan fingerprint density at radius 3 is 2.83 bits per heavy atom. The number of aliphatic hydroxyl groups excluding tert-OH is 1. The van der Waals surface area contributed by atoms with Crippen LogP contribution in [0.25, 0.3) is 0 Å². The largest absolute Gasteiger partial charge is 0.495 e. The number of methoxy groups -OCH3 is 1. The molecule has 98 valence electrons. The van der Waals surface area contributed by atoms with Crippen LogP contribution in [0.2, 0.25) is 0 Å². The summed E-state index contributed by atoms with van der Waals surface area (Å²) in [5.74, 6) is 0.744. The van der Waals surface area contributed by atoms with Crippen LogP contribution in [0.4, 0.5) is 5.69 Å². The van der Waals surface area contributed by atoms with E-state index in [0.717, 1.165) is 30.7 Å². The second-order valence-electron chi connectivity index (χ2n) is 4.40. The van der Waals surface area contributed by atoms with Gasteiger partial charge in [0.2, 0.25) is 0 Å². The summed E-state index contributed by atoms with van der Waals surface area (Å²) >= 11 is 5.24. The van der Waals surface area contributed by atoms with Crippen LogP contribution < -0.4 is 15.4 Å². The van der Waals surface area contributed by atoms with E-state index < -0.39 is 0 Å². The van der Waals surface area contributed by atoms with E-state index in [9.17, 15) is 5.11 Å². The van der Waals surface area contributed by atoms with Gasteiger partial charge in [0.15, 0.2) is 5.11 Å². The van der Waals surface area contributed by atoms with Crippen LogP contribution in [0.3, 0.4) is 0 Å². The van der Waals surface area contributed by atoms with Crippen LogP contribution in [0.5, 0.6) is 5.75 Å². The molecule has 5 heteroatoms. The average molecular weight is 266 g/mol. The van der Waals surface area contributed by atoms with Crippen molar-refractivity contribution in [1.29, 1.82) is 0 Å². The summed E-state index contributed by atoms with van der Waals surface area (Å²) in [6, 6.07) is 7.64. The highest BCUT2D eigenvalue weighted by molar-refractivity contribution is 7.80. The summed E-state index contributed by atoms with van der Waals surface area (Å²) in [6.07, 6.45) is 2.53. The van der Waals surface area contributed by atoms with Gasteiger partial charge in [0.1, 0.15) is 5.75 Å². The van der Waals surface area contributed by atoms with Crippen molar-refractivity contribution in [3.63, 3.8) is 0 Å². The van der Waals surface area contributed by atoms with Gasteiger partial charge in [-0.2, -0.15) is 0 Å². The van der Waals surface area contributed by atoms with Crippen molar-refractivity contribution < 1.29 is 9.84 Å². The first kappa shape index (κ1) is 13.1. The molecule has 18 heavy (non-hydrogen) atoms. The van der Waals surface area contributed by atoms with Crippen LogP contribution in [0, 0.1) is 0 Å². The van der Waals surface area contributed by atoms with Gasteiger partial charge >= 0.3 is 0 Å². The monoisotopic (exact) mass is 266 g/mol. The summed E-state index contributed by atoms with van der Waals surface area (Å²) < 4.78 is 5.24. The van der Waals surface area contributed by atoms with Crippen molar-refractivity contribution >= 4 is 23.0 Å². The third-order valence-corrected chi connectivity index (χ3v) is 3.37. The van der Waals surface area contributed by atoms with E-state index in [2.05, 4.69) is 10.6 Å². The number of ether oxygens (including phenoxy) is 1. The van der Waals surface area contributed by atoms with Gasteiger partial charge in [-0.05, 0) is 43.6 Å². The fourth-order valence-corrected chi connectivity index (χ4v) is 2.44. The first-order valence-corrected chi connectivity index (χ1v) is 6.50. The molecule has 3 N–H and O–H groups in total. The molecule has 1 aromatic rings. The third kappa shape index (κ3) is 3.11. The van der Waals surface area contributed by atoms with Gasteiger partial charge in [-0.1, -0.05) is 12.1 Å². The molecular formula is C13H18N2O2S. The quantitative estimate of drug-likeness (QED) is 0.730. The highest BCUT2D eigenvalue weighted by Crippen LogP contribution is 2.23. The summed E-state index contributed by atoms with van der Waals surface area (Å²) in [6.45, 7) is 0. The normalized spacial score (nSPS) is 22.6. The summed E-state index contributed by atoms with van der Waals surface area (Å²) in [5, 5.41) is 16.5. The standard InChI is InChI=1S/C13H18N2O2S/c1-17-12-8-3-2-5-10(12)15-13(18)14-9-6-4-7-11(9)16/h2-3,5,8-9,11,16H,4,6-7H2,1H3,(H2,14,15,18). The maximum absolute atomic E-state index is 9.73. The Labute approximate surface area is 112 Å². The Balaban J connectivity index is 1.94. The number of para-hydroxylation sites is 2. The average Bonchev–Trinajstić information content (AvgIpc) is 2.75. The molecule has 0 aromatic heterocycles. The fourth-order valence-electron chi connectivity index (χ4n) is 2.18. The van der Waals surface area contributed by atoms with Gasteiger partial charge in [-0.25, -0.2) is 0 Å². The minimum Gasteiger partial charge on any atom is -0.495 e. The Morgan fingerprint density at radius 2 is 2.17 bits per heavy atom. The van der Waals surface area contributed by atoms with Crippen LogP contribution in [0.1, 0.15) is 19.3 Å². The zero-order valence-corrected chi connectivity index (χ0v) is 11.2. The molecular weight excluding hydrogens is 248 g/mol. The molecule has 1 saturated carbocycles. The molecule has 1 aliphatic carbocycles. The van der Waals surface area contributed by atoms with Crippen molar-refractivity contribution in [2.24, 2.45) is 0 Å². The predicted molar refractivity (Wildman–Crippen MR) is 76.0 cm³/mol. The minimum atomic E-state index is -0.303. The number of hydrogen-bond acceptors (Lipinski definition) is 3. The number of benzene rings is 1. The number of hydrogen-bond donors (Lipinski definition) is 3. The number of thiocarbonyl (C=S) groups is 1. The number of anilines is 1. The molecule has 0 radical (unpaired) electrons. The Morgan fingerprint density at radius 1 is 1.39 bits per heavy atom. The molecule has 1 fully saturated rings. The lowest BCUT2D eigenvalue weighted by atomic mass is 10.2. The van der Waals surface area contributed by atoms with Crippen LogP contribution in [-0.4, -0.2) is 29.5 Å². The maximum atomic E-state index is 9.73. The lowest BCUT2D eigenvalue weighted by Gasteiger charge is -2.19. The third-order valence-electron chi connectivity index (χ3n) is 3.15. The van der Waals surface area contributed by atoms with Crippen molar-refractivity contribution in [2.75, 3.05) is 12.4 Å². The van der Waals surface area contributed by atoms with E-state index in [1.54, 1.807) is 7.11 Å². The summed E-state index contributed by atoms with van der Waals surface area (Å²) in [5.41, 5.74) is 0.824. The van der Waals surface area contributed by atoms with Gasteiger partial charge in [0.25, 0.3) is 0 Å². The smallest absolute Gasteiger partial charge is 0.171 e. The summed E-state index contributed by atoms with van der Waals surface area (Å²) in [4.78, 5) is 0. The molecule has 2 atom stereocenters. The van der Waals surface area contributed by atoms with Crippen molar-refractivity contribution in [1.82, 2.24) is 5.32 Å². The molecule has 2 unspecified atom stereocenters. The molecule has 1 aromatic carbocycles. The highest BCUT2D eigenvalue weighted by Gasteiger charge is 2.25. The first-order chi connectivity index (χ1) is 8.70. The number of nitrogens with one attached hydrogen (secondary N) is 2. The summed E-state index contributed by atoms with van der Waals surface area (Å²) in [7, 11) is 1.62. The molecule has 0 aliphatic heterocycles. The van der Waals surface area contributed by atoms with Crippen LogP contribution in [0.15, 0.2) is 24.3 Å². The zero-order valence-electron chi connectivity index (χ0n) is 10.3. The van der Waals surface area contributed by atoms with Crippen molar-refractivity contribution in [2.45, 2.75) is 31.4 Å². The second-order valence-corrected chi connectivity index (χ2v) is 4.81. The molecule has 0 bridgehead atoms. The van der Waals surface area contributed by atoms with Crippen LogP contribution in [-0.2, 0) is 0 Å². The minimum absolute atomic E-state index is 0.0553. The van der Waals surface area contributed by atoms with Gasteiger partial charge in [-0.3, -0.25) is 0 Å². The SMILES string of the molecule is COc1ccccc1NC(=S)NC1CCCC1O. The Hall–Kier alpha value is -1.33. The van der Waals surface area contributed by atoms with E-state index in [0.29, 0.717) is 5.11 Å². The van der Waals surface area contributed by atoms with E-state index in [1.165, 1.54) is 0 Å². The lowest BCUT2D eigenvalue weighted by Crippen LogP contribution is -2.42. The fraction of sp³-hybridized carbons (Fsp3) is 0.462. The molecule has 1 aliphatic rings. The van der Waals surface area contributed by atoms with Crippen molar-refractivity contribution in [3.05, 3.63) is 24.3 Å². The Kier molecular flexibility index (Phi) is 4.38. The van der Waals surface area contributed by atoms with Gasteiger partial charge in [0.05, 0.1) is 24.9 Å². The van der Waals surface area contributed by atoms with E-state index in [4.69, 9.17) is 17.0 Å². The number of aliphatic hydroxyl groups is 1. The highest BCUT2D eigenvalue weighted by atomic mass is 32.1. The molecule has 4 nitrogen and oxygen atoms in total. The first-order valence-electron chi connectivity index (χ1n) is 6.09.